The minimum Gasteiger partial charge on any atom is -0.496 e. The first-order valence-corrected chi connectivity index (χ1v) is 6.03. The van der Waals surface area contributed by atoms with E-state index in [2.05, 4.69) is 5.32 Å². The molecule has 0 aliphatic heterocycles. The minimum atomic E-state index is -1.46. The van der Waals surface area contributed by atoms with Crippen LogP contribution in [0.3, 0.4) is 0 Å². The molecule has 0 aromatic heterocycles. The van der Waals surface area contributed by atoms with Gasteiger partial charge in [0.05, 0.1) is 7.11 Å². The van der Waals surface area contributed by atoms with Gasteiger partial charge in [0, 0.05) is 24.4 Å². The zero-order valence-electron chi connectivity index (χ0n) is 11.1. The van der Waals surface area contributed by atoms with Crippen LogP contribution in [0.5, 0.6) is 5.75 Å². The molecule has 0 radical (unpaired) electrons. The van der Waals surface area contributed by atoms with Gasteiger partial charge in [-0.25, -0.2) is 13.2 Å². The highest BCUT2D eigenvalue weighted by Crippen LogP contribution is 2.21. The molecular weight excluding hydrogens is 267 g/mol. The standard InChI is InChI=1S/C15H14F3NO/c1-9-5-10(3-4-14(9)20-2)8-19-11-6-12(16)15(18)13(17)7-11/h3-7,19H,8H2,1-2H3. The lowest BCUT2D eigenvalue weighted by atomic mass is 10.1. The molecule has 20 heavy (non-hydrogen) atoms. The predicted molar refractivity (Wildman–Crippen MR) is 71.4 cm³/mol. The van der Waals surface area contributed by atoms with Crippen molar-refractivity contribution in [2.75, 3.05) is 12.4 Å². The maximum atomic E-state index is 13.1. The summed E-state index contributed by atoms with van der Waals surface area (Å²) in [5.74, 6) is -3.11. The Morgan fingerprint density at radius 2 is 1.70 bits per heavy atom. The zero-order chi connectivity index (χ0) is 14.7. The van der Waals surface area contributed by atoms with Crippen LogP contribution in [0.1, 0.15) is 11.1 Å². The van der Waals surface area contributed by atoms with Crippen molar-refractivity contribution in [1.29, 1.82) is 0 Å². The summed E-state index contributed by atoms with van der Waals surface area (Å²) in [6.07, 6.45) is 0. The van der Waals surface area contributed by atoms with Gasteiger partial charge in [0.1, 0.15) is 5.75 Å². The summed E-state index contributed by atoms with van der Waals surface area (Å²) in [5.41, 5.74) is 2.08. The van der Waals surface area contributed by atoms with Crippen LogP contribution in [0.25, 0.3) is 0 Å². The van der Waals surface area contributed by atoms with E-state index < -0.39 is 17.5 Å². The molecule has 2 nitrogen and oxygen atoms in total. The molecule has 5 heteroatoms. The lowest BCUT2D eigenvalue weighted by Crippen LogP contribution is -2.02. The molecule has 1 N–H and O–H groups in total. The first kappa shape index (κ1) is 14.2. The van der Waals surface area contributed by atoms with E-state index in [-0.39, 0.29) is 5.69 Å². The number of rotatable bonds is 4. The summed E-state index contributed by atoms with van der Waals surface area (Å²) >= 11 is 0. The van der Waals surface area contributed by atoms with E-state index in [0.717, 1.165) is 29.0 Å². The lowest BCUT2D eigenvalue weighted by Gasteiger charge is -2.10. The van der Waals surface area contributed by atoms with Gasteiger partial charge in [0.25, 0.3) is 0 Å². The summed E-state index contributed by atoms with van der Waals surface area (Å²) in [7, 11) is 1.59. The van der Waals surface area contributed by atoms with E-state index in [4.69, 9.17) is 4.74 Å². The topological polar surface area (TPSA) is 21.3 Å². The van der Waals surface area contributed by atoms with Gasteiger partial charge >= 0.3 is 0 Å². The Kier molecular flexibility index (Phi) is 4.17. The SMILES string of the molecule is COc1ccc(CNc2cc(F)c(F)c(F)c2)cc1C. The summed E-state index contributed by atoms with van der Waals surface area (Å²) in [5, 5.41) is 2.85. The molecule has 0 aliphatic carbocycles. The van der Waals surface area contributed by atoms with Crippen LogP contribution >= 0.6 is 0 Å². The maximum Gasteiger partial charge on any atom is 0.194 e. The normalized spacial score (nSPS) is 10.4. The zero-order valence-corrected chi connectivity index (χ0v) is 11.1. The van der Waals surface area contributed by atoms with Crippen molar-refractivity contribution in [2.45, 2.75) is 13.5 Å². The molecule has 106 valence electrons. The first-order chi connectivity index (χ1) is 9.51. The summed E-state index contributed by atoms with van der Waals surface area (Å²) < 4.78 is 44.1. The Bertz CT molecular complexity index is 606. The van der Waals surface area contributed by atoms with Gasteiger partial charge in [-0.1, -0.05) is 12.1 Å². The van der Waals surface area contributed by atoms with Gasteiger partial charge < -0.3 is 10.1 Å². The summed E-state index contributed by atoms with van der Waals surface area (Å²) in [6.45, 7) is 2.27. The number of methoxy groups -OCH3 is 1. The van der Waals surface area contributed by atoms with Crippen molar-refractivity contribution in [1.82, 2.24) is 0 Å². The van der Waals surface area contributed by atoms with Crippen molar-refractivity contribution >= 4 is 5.69 Å². The average Bonchev–Trinajstić information content (AvgIpc) is 2.42. The molecule has 0 heterocycles. The molecule has 0 aliphatic rings. The van der Waals surface area contributed by atoms with Crippen molar-refractivity contribution in [3.8, 4) is 5.75 Å². The molecule has 0 bridgehead atoms. The molecule has 0 amide bonds. The van der Waals surface area contributed by atoms with Gasteiger partial charge in [-0.15, -0.1) is 0 Å². The fourth-order valence-corrected chi connectivity index (χ4v) is 1.91. The van der Waals surface area contributed by atoms with Gasteiger partial charge in [-0.05, 0) is 24.1 Å². The predicted octanol–water partition coefficient (Wildman–Crippen LogP) is 4.03. The minimum absolute atomic E-state index is 0.190. The number of hydrogen-bond donors (Lipinski definition) is 1. The Labute approximate surface area is 115 Å². The Hall–Kier alpha value is -2.17. The summed E-state index contributed by atoms with van der Waals surface area (Å²) in [6, 6.07) is 7.42. The Morgan fingerprint density at radius 1 is 1.05 bits per heavy atom. The number of anilines is 1. The van der Waals surface area contributed by atoms with Crippen LogP contribution in [-0.2, 0) is 6.54 Å². The Balaban J connectivity index is 2.11. The monoisotopic (exact) mass is 281 g/mol. The smallest absolute Gasteiger partial charge is 0.194 e. The molecule has 2 aromatic rings. The molecule has 0 atom stereocenters. The highest BCUT2D eigenvalue weighted by Gasteiger charge is 2.10. The largest absolute Gasteiger partial charge is 0.496 e. The molecule has 0 fully saturated rings. The molecule has 2 aromatic carbocycles. The van der Waals surface area contributed by atoms with Crippen LogP contribution in [0.2, 0.25) is 0 Å². The third-order valence-electron chi connectivity index (χ3n) is 2.94. The molecule has 0 unspecified atom stereocenters. The number of benzene rings is 2. The van der Waals surface area contributed by atoms with Gasteiger partial charge in [-0.2, -0.15) is 0 Å². The molecular formula is C15H14F3NO. The van der Waals surface area contributed by atoms with Crippen molar-refractivity contribution in [3.05, 3.63) is 58.9 Å². The lowest BCUT2D eigenvalue weighted by molar-refractivity contribution is 0.411. The third-order valence-corrected chi connectivity index (χ3v) is 2.94. The number of halogens is 3. The second-order valence-electron chi connectivity index (χ2n) is 4.41. The van der Waals surface area contributed by atoms with Crippen LogP contribution < -0.4 is 10.1 Å². The highest BCUT2D eigenvalue weighted by atomic mass is 19.2. The maximum absolute atomic E-state index is 13.1. The molecule has 0 saturated heterocycles. The second-order valence-corrected chi connectivity index (χ2v) is 4.41. The third kappa shape index (κ3) is 3.04. The fraction of sp³-hybridized carbons (Fsp3) is 0.200. The molecule has 0 spiro atoms. The molecule has 0 saturated carbocycles. The van der Waals surface area contributed by atoms with E-state index in [1.165, 1.54) is 0 Å². The van der Waals surface area contributed by atoms with Gasteiger partial charge in [0.2, 0.25) is 0 Å². The first-order valence-electron chi connectivity index (χ1n) is 6.03. The van der Waals surface area contributed by atoms with E-state index in [1.807, 2.05) is 25.1 Å². The van der Waals surface area contributed by atoms with E-state index in [1.54, 1.807) is 7.11 Å². The van der Waals surface area contributed by atoms with Crippen LogP contribution in [0.15, 0.2) is 30.3 Å². The van der Waals surface area contributed by atoms with Crippen molar-refractivity contribution < 1.29 is 17.9 Å². The summed E-state index contributed by atoms with van der Waals surface area (Å²) in [4.78, 5) is 0. The fourth-order valence-electron chi connectivity index (χ4n) is 1.91. The number of hydrogen-bond acceptors (Lipinski definition) is 2. The second kappa shape index (κ2) is 5.86. The van der Waals surface area contributed by atoms with Crippen LogP contribution in [-0.4, -0.2) is 7.11 Å². The average molecular weight is 281 g/mol. The van der Waals surface area contributed by atoms with E-state index in [9.17, 15) is 13.2 Å². The van der Waals surface area contributed by atoms with Crippen molar-refractivity contribution in [3.63, 3.8) is 0 Å². The number of aryl methyl sites for hydroxylation is 1. The van der Waals surface area contributed by atoms with E-state index >= 15 is 0 Å². The van der Waals surface area contributed by atoms with Crippen LogP contribution in [0.4, 0.5) is 18.9 Å². The van der Waals surface area contributed by atoms with E-state index in [0.29, 0.717) is 6.54 Å². The Morgan fingerprint density at radius 3 is 2.25 bits per heavy atom. The van der Waals surface area contributed by atoms with Gasteiger partial charge in [0.15, 0.2) is 17.5 Å². The number of nitrogens with one attached hydrogen (secondary N) is 1. The van der Waals surface area contributed by atoms with Crippen molar-refractivity contribution in [2.24, 2.45) is 0 Å². The van der Waals surface area contributed by atoms with Crippen LogP contribution in [0, 0.1) is 24.4 Å². The number of ether oxygens (including phenoxy) is 1. The highest BCUT2D eigenvalue weighted by molar-refractivity contribution is 5.45. The molecule has 2 rings (SSSR count). The quantitative estimate of drug-likeness (QED) is 0.854. The van der Waals surface area contributed by atoms with Gasteiger partial charge in [-0.3, -0.25) is 0 Å².